The number of aromatic nitrogens is 1. The van der Waals surface area contributed by atoms with Gasteiger partial charge in [0, 0.05) is 11.9 Å². The lowest BCUT2D eigenvalue weighted by molar-refractivity contribution is -0.118. The second-order valence-electron chi connectivity index (χ2n) is 7.55. The van der Waals surface area contributed by atoms with Gasteiger partial charge in [-0.05, 0) is 35.6 Å². The summed E-state index contributed by atoms with van der Waals surface area (Å²) in [7, 11) is 0. The monoisotopic (exact) mass is 390 g/mol. The van der Waals surface area contributed by atoms with Crippen molar-refractivity contribution >= 4 is 28.6 Å². The van der Waals surface area contributed by atoms with Crippen LogP contribution >= 0.6 is 11.8 Å². The summed E-state index contributed by atoms with van der Waals surface area (Å²) in [4.78, 5) is 17.2. The van der Waals surface area contributed by atoms with Gasteiger partial charge in [0.15, 0.2) is 0 Å². The maximum absolute atomic E-state index is 12.3. The Kier molecular flexibility index (Phi) is 6.27. The van der Waals surface area contributed by atoms with Crippen molar-refractivity contribution in [3.8, 4) is 0 Å². The van der Waals surface area contributed by atoms with Crippen molar-refractivity contribution in [3.05, 3.63) is 71.8 Å². The number of amides is 1. The third-order valence-electron chi connectivity index (χ3n) is 5.42. The Labute approximate surface area is 171 Å². The van der Waals surface area contributed by atoms with Crippen LogP contribution in [0.2, 0.25) is 0 Å². The third kappa shape index (κ3) is 4.93. The van der Waals surface area contributed by atoms with E-state index in [1.165, 1.54) is 36.6 Å². The molecule has 3 nitrogen and oxygen atoms in total. The molecule has 1 N–H and O–H groups in total. The number of carbonyl (C=O) groups is 1. The topological polar surface area (TPSA) is 42.0 Å². The van der Waals surface area contributed by atoms with Crippen molar-refractivity contribution in [3.63, 3.8) is 0 Å². The SMILES string of the molecule is O=C(CSc1nc2ccccc2cc1CC1CCCC1)NCc1ccccc1. The number of rotatable bonds is 7. The van der Waals surface area contributed by atoms with Crippen LogP contribution in [0.3, 0.4) is 0 Å². The summed E-state index contributed by atoms with van der Waals surface area (Å²) in [6.07, 6.45) is 6.39. The fourth-order valence-electron chi connectivity index (χ4n) is 3.92. The van der Waals surface area contributed by atoms with E-state index in [4.69, 9.17) is 4.98 Å². The van der Waals surface area contributed by atoms with Crippen molar-refractivity contribution in [2.75, 3.05) is 5.75 Å². The van der Waals surface area contributed by atoms with E-state index in [1.807, 2.05) is 42.5 Å². The van der Waals surface area contributed by atoms with Gasteiger partial charge in [0.2, 0.25) is 5.91 Å². The Morgan fingerprint density at radius 3 is 2.61 bits per heavy atom. The first-order valence-corrected chi connectivity index (χ1v) is 11.1. The van der Waals surface area contributed by atoms with Crippen LogP contribution < -0.4 is 5.32 Å². The van der Waals surface area contributed by atoms with Gasteiger partial charge in [-0.2, -0.15) is 0 Å². The van der Waals surface area contributed by atoms with E-state index in [1.54, 1.807) is 11.8 Å². The first-order chi connectivity index (χ1) is 13.8. The van der Waals surface area contributed by atoms with Crippen molar-refractivity contribution < 1.29 is 4.79 Å². The summed E-state index contributed by atoms with van der Waals surface area (Å²) < 4.78 is 0. The molecule has 2 aromatic carbocycles. The van der Waals surface area contributed by atoms with Gasteiger partial charge in [0.05, 0.1) is 11.3 Å². The fourth-order valence-corrected chi connectivity index (χ4v) is 4.78. The van der Waals surface area contributed by atoms with E-state index in [0.717, 1.165) is 28.4 Å². The highest BCUT2D eigenvalue weighted by atomic mass is 32.2. The predicted octanol–water partition coefficient (Wildman–Crippen LogP) is 5.38. The Morgan fingerprint density at radius 1 is 1.04 bits per heavy atom. The summed E-state index contributed by atoms with van der Waals surface area (Å²) in [5, 5.41) is 5.21. The lowest BCUT2D eigenvalue weighted by Gasteiger charge is -2.14. The smallest absolute Gasteiger partial charge is 0.230 e. The Morgan fingerprint density at radius 2 is 1.79 bits per heavy atom. The molecule has 0 saturated heterocycles. The largest absolute Gasteiger partial charge is 0.351 e. The van der Waals surface area contributed by atoms with Gasteiger partial charge in [-0.15, -0.1) is 0 Å². The average molecular weight is 391 g/mol. The van der Waals surface area contributed by atoms with E-state index < -0.39 is 0 Å². The Bertz CT molecular complexity index is 936. The molecule has 0 spiro atoms. The standard InChI is InChI=1S/C24H26N2OS/c27-23(25-16-19-10-2-1-3-11-19)17-28-24-21(14-18-8-4-5-9-18)15-20-12-6-7-13-22(20)26-24/h1-3,6-7,10-13,15,18H,4-5,8-9,14,16-17H2,(H,25,27). The van der Waals surface area contributed by atoms with Gasteiger partial charge >= 0.3 is 0 Å². The van der Waals surface area contributed by atoms with E-state index in [9.17, 15) is 4.79 Å². The van der Waals surface area contributed by atoms with Crippen LogP contribution in [0.25, 0.3) is 10.9 Å². The first kappa shape index (κ1) is 19.0. The number of pyridine rings is 1. The number of nitrogens with one attached hydrogen (secondary N) is 1. The minimum absolute atomic E-state index is 0.0515. The zero-order valence-electron chi connectivity index (χ0n) is 16.1. The molecule has 4 rings (SSSR count). The van der Waals surface area contributed by atoms with Crippen LogP contribution in [0.5, 0.6) is 0 Å². The van der Waals surface area contributed by atoms with Crippen LogP contribution in [0, 0.1) is 5.92 Å². The molecule has 1 aliphatic rings. The van der Waals surface area contributed by atoms with Gasteiger partial charge in [0.1, 0.15) is 5.03 Å². The molecule has 0 bridgehead atoms. The molecule has 1 amide bonds. The summed E-state index contributed by atoms with van der Waals surface area (Å²) in [6, 6.07) is 20.6. The maximum atomic E-state index is 12.3. The van der Waals surface area contributed by atoms with Crippen LogP contribution in [0.15, 0.2) is 65.7 Å². The number of nitrogens with zero attached hydrogens (tertiary/aromatic N) is 1. The molecule has 1 fully saturated rings. The van der Waals surface area contributed by atoms with Crippen LogP contribution in [-0.4, -0.2) is 16.6 Å². The molecule has 28 heavy (non-hydrogen) atoms. The number of hydrogen-bond acceptors (Lipinski definition) is 3. The molecule has 0 aliphatic heterocycles. The lowest BCUT2D eigenvalue weighted by atomic mass is 9.98. The molecule has 0 unspecified atom stereocenters. The summed E-state index contributed by atoms with van der Waals surface area (Å²) in [5.41, 5.74) is 3.42. The van der Waals surface area contributed by atoms with Crippen LogP contribution in [0.4, 0.5) is 0 Å². The summed E-state index contributed by atoms with van der Waals surface area (Å²) in [5.74, 6) is 1.21. The molecule has 1 aromatic heterocycles. The molecule has 0 atom stereocenters. The van der Waals surface area contributed by atoms with Gasteiger partial charge in [-0.1, -0.05) is 86.0 Å². The van der Waals surface area contributed by atoms with Crippen LogP contribution in [-0.2, 0) is 17.8 Å². The number of hydrogen-bond donors (Lipinski definition) is 1. The number of fused-ring (bicyclic) bond motifs is 1. The predicted molar refractivity (Wildman–Crippen MR) is 116 cm³/mol. The molecule has 0 radical (unpaired) electrons. The molecule has 144 valence electrons. The first-order valence-electron chi connectivity index (χ1n) is 10.1. The van der Waals surface area contributed by atoms with Crippen molar-refractivity contribution in [2.45, 2.75) is 43.7 Å². The van der Waals surface area contributed by atoms with E-state index in [2.05, 4.69) is 23.5 Å². The minimum atomic E-state index is 0.0515. The highest BCUT2D eigenvalue weighted by Gasteiger charge is 2.19. The van der Waals surface area contributed by atoms with Gasteiger partial charge in [-0.25, -0.2) is 4.98 Å². The van der Waals surface area contributed by atoms with E-state index in [0.29, 0.717) is 12.3 Å². The summed E-state index contributed by atoms with van der Waals surface area (Å²) in [6.45, 7) is 0.570. The zero-order valence-corrected chi connectivity index (χ0v) is 16.9. The van der Waals surface area contributed by atoms with E-state index in [-0.39, 0.29) is 5.91 Å². The van der Waals surface area contributed by atoms with Crippen molar-refractivity contribution in [1.29, 1.82) is 0 Å². The number of para-hydroxylation sites is 1. The molecule has 1 heterocycles. The van der Waals surface area contributed by atoms with E-state index >= 15 is 0 Å². The summed E-state index contributed by atoms with van der Waals surface area (Å²) >= 11 is 1.57. The Hall–Kier alpha value is -2.33. The molecule has 3 aromatic rings. The number of thioether (sulfide) groups is 1. The zero-order chi connectivity index (χ0) is 19.2. The second-order valence-corrected chi connectivity index (χ2v) is 8.52. The molecule has 4 heteroatoms. The number of carbonyl (C=O) groups excluding carboxylic acids is 1. The maximum Gasteiger partial charge on any atom is 0.230 e. The van der Waals surface area contributed by atoms with Gasteiger partial charge in [0.25, 0.3) is 0 Å². The molecule has 1 saturated carbocycles. The molecular weight excluding hydrogens is 364 g/mol. The molecule has 1 aliphatic carbocycles. The quantitative estimate of drug-likeness (QED) is 0.551. The second kappa shape index (κ2) is 9.24. The lowest BCUT2D eigenvalue weighted by Crippen LogP contribution is -2.24. The normalized spacial score (nSPS) is 14.4. The third-order valence-corrected chi connectivity index (χ3v) is 6.45. The highest BCUT2D eigenvalue weighted by Crippen LogP contribution is 2.32. The van der Waals surface area contributed by atoms with Gasteiger partial charge < -0.3 is 5.32 Å². The van der Waals surface area contributed by atoms with Crippen LogP contribution in [0.1, 0.15) is 36.8 Å². The average Bonchev–Trinajstić information content (AvgIpc) is 3.24. The van der Waals surface area contributed by atoms with Crippen molar-refractivity contribution in [2.24, 2.45) is 5.92 Å². The Balaban J connectivity index is 1.44. The minimum Gasteiger partial charge on any atom is -0.351 e. The fraction of sp³-hybridized carbons (Fsp3) is 0.333. The van der Waals surface area contributed by atoms with Crippen molar-refractivity contribution in [1.82, 2.24) is 10.3 Å². The van der Waals surface area contributed by atoms with Gasteiger partial charge in [-0.3, -0.25) is 4.79 Å². The highest BCUT2D eigenvalue weighted by molar-refractivity contribution is 7.99. The number of benzene rings is 2. The molecular formula is C24H26N2OS.